The Morgan fingerprint density at radius 1 is 1.20 bits per heavy atom. The van der Waals surface area contributed by atoms with Gasteiger partial charge in [0.1, 0.15) is 0 Å². The first-order valence-electron chi connectivity index (χ1n) is 4.96. The molecule has 0 saturated carbocycles. The van der Waals surface area contributed by atoms with E-state index in [0.29, 0.717) is 11.1 Å². The highest BCUT2D eigenvalue weighted by molar-refractivity contribution is 5.33. The number of halogens is 3. The number of benzene rings is 1. The summed E-state index contributed by atoms with van der Waals surface area (Å²) in [7, 11) is 0. The maximum atomic E-state index is 12.3. The molecule has 0 aromatic heterocycles. The average Bonchev–Trinajstić information content (AvgIpc) is 2.06. The van der Waals surface area contributed by atoms with Crippen LogP contribution in [0.25, 0.3) is 0 Å². The van der Waals surface area contributed by atoms with Crippen molar-refractivity contribution in [3.8, 4) is 0 Å². The summed E-state index contributed by atoms with van der Waals surface area (Å²) >= 11 is 0. The Bertz CT molecular complexity index is 337. The fourth-order valence-electron chi connectivity index (χ4n) is 1.46. The highest BCUT2D eigenvalue weighted by atomic mass is 19.4. The van der Waals surface area contributed by atoms with E-state index in [9.17, 15) is 13.2 Å². The zero-order valence-electron chi connectivity index (χ0n) is 9.15. The summed E-state index contributed by atoms with van der Waals surface area (Å²) in [6, 6.07) is 5.31. The summed E-state index contributed by atoms with van der Waals surface area (Å²) in [5.74, 6) is 0.262. The Morgan fingerprint density at radius 2 is 1.80 bits per heavy atom. The molecule has 1 rings (SSSR count). The van der Waals surface area contributed by atoms with Crippen LogP contribution >= 0.6 is 0 Å². The first-order chi connectivity index (χ1) is 6.79. The Hall–Kier alpha value is -0.990. The zero-order valence-corrected chi connectivity index (χ0v) is 9.15. The quantitative estimate of drug-likeness (QED) is 0.694. The van der Waals surface area contributed by atoms with Crippen molar-refractivity contribution in [2.45, 2.75) is 39.3 Å². The molecule has 0 aliphatic carbocycles. The second kappa shape index (κ2) is 4.25. The molecule has 0 atom stereocenters. The van der Waals surface area contributed by atoms with Crippen LogP contribution in [-0.2, 0) is 6.42 Å². The van der Waals surface area contributed by atoms with E-state index in [1.807, 2.05) is 19.9 Å². The lowest BCUT2D eigenvalue weighted by Crippen LogP contribution is -2.12. The highest BCUT2D eigenvalue weighted by Gasteiger charge is 2.28. The predicted octanol–water partition coefficient (Wildman–Crippen LogP) is 4.22. The molecule has 0 bridgehead atoms. The van der Waals surface area contributed by atoms with Gasteiger partial charge in [-0.15, -0.1) is 0 Å². The van der Waals surface area contributed by atoms with Crippen molar-refractivity contribution in [1.29, 1.82) is 0 Å². The summed E-state index contributed by atoms with van der Waals surface area (Å²) in [6.07, 6.45) is -4.96. The van der Waals surface area contributed by atoms with Gasteiger partial charge in [-0.25, -0.2) is 0 Å². The van der Waals surface area contributed by atoms with E-state index in [1.165, 1.54) is 0 Å². The molecule has 0 N–H and O–H groups in total. The Balaban J connectivity index is 3.01. The largest absolute Gasteiger partial charge is 0.393 e. The van der Waals surface area contributed by atoms with Crippen molar-refractivity contribution in [3.05, 3.63) is 34.9 Å². The summed E-state index contributed by atoms with van der Waals surface area (Å²) < 4.78 is 36.8. The normalized spacial score (nSPS) is 12.2. The molecule has 84 valence electrons. The standard InChI is InChI=1S/C12H15F3/c1-8(2)10-5-4-9(3)11(6-10)7-12(13,14)15/h4-6,8H,7H2,1-3H3. The third-order valence-electron chi connectivity index (χ3n) is 2.43. The first-order valence-corrected chi connectivity index (χ1v) is 4.96. The van der Waals surface area contributed by atoms with Crippen LogP contribution in [-0.4, -0.2) is 6.18 Å². The fourth-order valence-corrected chi connectivity index (χ4v) is 1.46. The van der Waals surface area contributed by atoms with Crippen molar-refractivity contribution >= 4 is 0 Å². The van der Waals surface area contributed by atoms with E-state index >= 15 is 0 Å². The summed E-state index contributed by atoms with van der Waals surface area (Å²) in [5, 5.41) is 0. The van der Waals surface area contributed by atoms with Crippen molar-refractivity contribution in [1.82, 2.24) is 0 Å². The number of aryl methyl sites for hydroxylation is 1. The van der Waals surface area contributed by atoms with Gasteiger partial charge in [0.15, 0.2) is 0 Å². The predicted molar refractivity (Wildman–Crippen MR) is 55.0 cm³/mol. The maximum Gasteiger partial charge on any atom is 0.393 e. The van der Waals surface area contributed by atoms with Gasteiger partial charge in [0.25, 0.3) is 0 Å². The first kappa shape index (κ1) is 12.1. The molecule has 3 heteroatoms. The van der Waals surface area contributed by atoms with Gasteiger partial charge < -0.3 is 0 Å². The molecule has 0 spiro atoms. The molecule has 0 heterocycles. The van der Waals surface area contributed by atoms with Gasteiger partial charge in [0, 0.05) is 0 Å². The Morgan fingerprint density at radius 3 is 2.27 bits per heavy atom. The molecule has 0 fully saturated rings. The molecule has 0 unspecified atom stereocenters. The average molecular weight is 216 g/mol. The zero-order chi connectivity index (χ0) is 11.6. The lowest BCUT2D eigenvalue weighted by molar-refractivity contribution is -0.127. The second-order valence-electron chi connectivity index (χ2n) is 4.13. The second-order valence-corrected chi connectivity index (χ2v) is 4.13. The molecule has 0 radical (unpaired) electrons. The Labute approximate surface area is 88.1 Å². The number of alkyl halides is 3. The van der Waals surface area contributed by atoms with Crippen LogP contribution in [0.4, 0.5) is 13.2 Å². The minimum Gasteiger partial charge on any atom is -0.171 e. The van der Waals surface area contributed by atoms with Gasteiger partial charge in [0.05, 0.1) is 6.42 Å². The summed E-state index contributed by atoms with van der Waals surface area (Å²) in [4.78, 5) is 0. The van der Waals surface area contributed by atoms with Crippen LogP contribution in [0, 0.1) is 6.92 Å². The topological polar surface area (TPSA) is 0 Å². The van der Waals surface area contributed by atoms with E-state index in [1.54, 1.807) is 19.1 Å². The van der Waals surface area contributed by atoms with Gasteiger partial charge in [-0.2, -0.15) is 13.2 Å². The highest BCUT2D eigenvalue weighted by Crippen LogP contribution is 2.25. The molecule has 0 aliphatic rings. The molecule has 1 aromatic carbocycles. The monoisotopic (exact) mass is 216 g/mol. The van der Waals surface area contributed by atoms with E-state index in [4.69, 9.17) is 0 Å². The van der Waals surface area contributed by atoms with Crippen LogP contribution < -0.4 is 0 Å². The van der Waals surface area contributed by atoms with Crippen LogP contribution in [0.2, 0.25) is 0 Å². The SMILES string of the molecule is Cc1ccc(C(C)C)cc1CC(F)(F)F. The minimum atomic E-state index is -4.12. The molecule has 0 amide bonds. The number of hydrogen-bond acceptors (Lipinski definition) is 0. The summed E-state index contributed by atoms with van der Waals surface area (Å²) in [5.41, 5.74) is 2.05. The summed E-state index contributed by atoms with van der Waals surface area (Å²) in [6.45, 7) is 5.66. The van der Waals surface area contributed by atoms with Crippen molar-refractivity contribution in [2.24, 2.45) is 0 Å². The lowest BCUT2D eigenvalue weighted by atomic mass is 9.96. The number of rotatable bonds is 2. The van der Waals surface area contributed by atoms with Gasteiger partial charge in [-0.1, -0.05) is 32.0 Å². The van der Waals surface area contributed by atoms with Crippen molar-refractivity contribution in [2.75, 3.05) is 0 Å². The smallest absolute Gasteiger partial charge is 0.171 e. The third kappa shape index (κ3) is 3.57. The van der Waals surface area contributed by atoms with Crippen LogP contribution in [0.3, 0.4) is 0 Å². The molecule has 15 heavy (non-hydrogen) atoms. The van der Waals surface area contributed by atoms with E-state index in [-0.39, 0.29) is 5.92 Å². The van der Waals surface area contributed by atoms with Crippen LogP contribution in [0.1, 0.15) is 36.5 Å². The van der Waals surface area contributed by atoms with Gasteiger partial charge >= 0.3 is 6.18 Å². The van der Waals surface area contributed by atoms with Gasteiger partial charge in [-0.05, 0) is 29.5 Å². The molecule has 0 aliphatic heterocycles. The number of hydrogen-bond donors (Lipinski definition) is 0. The van der Waals surface area contributed by atoms with Gasteiger partial charge in [-0.3, -0.25) is 0 Å². The molecule has 0 saturated heterocycles. The molecular weight excluding hydrogens is 201 g/mol. The third-order valence-corrected chi connectivity index (χ3v) is 2.43. The van der Waals surface area contributed by atoms with E-state index < -0.39 is 12.6 Å². The van der Waals surface area contributed by atoms with Crippen LogP contribution in [0.5, 0.6) is 0 Å². The maximum absolute atomic E-state index is 12.3. The van der Waals surface area contributed by atoms with E-state index in [2.05, 4.69) is 0 Å². The lowest BCUT2D eigenvalue weighted by Gasteiger charge is -2.12. The fraction of sp³-hybridized carbons (Fsp3) is 0.500. The minimum absolute atomic E-state index is 0.262. The van der Waals surface area contributed by atoms with Crippen LogP contribution in [0.15, 0.2) is 18.2 Å². The molecule has 0 nitrogen and oxygen atoms in total. The molecule has 1 aromatic rings. The van der Waals surface area contributed by atoms with Crippen molar-refractivity contribution in [3.63, 3.8) is 0 Å². The van der Waals surface area contributed by atoms with E-state index in [0.717, 1.165) is 5.56 Å². The Kier molecular flexibility index (Phi) is 3.42. The van der Waals surface area contributed by atoms with Crippen molar-refractivity contribution < 1.29 is 13.2 Å². The molecular formula is C12H15F3. The van der Waals surface area contributed by atoms with Gasteiger partial charge in [0.2, 0.25) is 0 Å².